The highest BCUT2D eigenvalue weighted by molar-refractivity contribution is 7.82. The zero-order chi connectivity index (χ0) is 17.2. The Bertz CT molecular complexity index is 753. The molecule has 1 heterocycles. The largest absolute Gasteiger partial charge is 0.341 e. The maximum Gasteiger partial charge on any atom is 0.300 e. The van der Waals surface area contributed by atoms with E-state index in [4.69, 9.17) is 9.57 Å². The Morgan fingerprint density at radius 2 is 1.79 bits per heavy atom. The molecule has 0 aliphatic carbocycles. The normalized spacial score (nSPS) is 21.2. The highest BCUT2D eigenvalue weighted by Gasteiger charge is 2.48. The number of nitrogens with zero attached hydrogens (tertiary/aromatic N) is 1. The number of hydrogen-bond acceptors (Lipinski definition) is 5. The van der Waals surface area contributed by atoms with E-state index in [-0.39, 0.29) is 13.2 Å². The van der Waals surface area contributed by atoms with Crippen LogP contribution in [0.25, 0.3) is 0 Å². The third kappa shape index (κ3) is 3.19. The third-order valence-electron chi connectivity index (χ3n) is 3.54. The molecule has 124 valence electrons. The Labute approximate surface area is 143 Å². The first kappa shape index (κ1) is 16.6. The van der Waals surface area contributed by atoms with E-state index in [2.05, 4.69) is 12.6 Å². The van der Waals surface area contributed by atoms with E-state index in [1.165, 1.54) is 24.3 Å². The monoisotopic (exact) mass is 347 g/mol. The zero-order valence-corrected chi connectivity index (χ0v) is 13.4. The number of benzene rings is 2. The van der Waals surface area contributed by atoms with Crippen LogP contribution < -0.4 is 0 Å². The van der Waals surface area contributed by atoms with E-state index in [9.17, 15) is 14.0 Å². The summed E-state index contributed by atoms with van der Waals surface area (Å²) in [6, 6.07) is 14.3. The van der Waals surface area contributed by atoms with Gasteiger partial charge >= 0.3 is 5.91 Å². The lowest BCUT2D eigenvalue weighted by Crippen LogP contribution is -2.54. The minimum atomic E-state index is -1.71. The van der Waals surface area contributed by atoms with Crippen molar-refractivity contribution in [3.8, 4) is 0 Å². The molecule has 1 aliphatic rings. The van der Waals surface area contributed by atoms with Crippen LogP contribution in [-0.2, 0) is 30.7 Å². The molecule has 3 rings (SSSR count). The van der Waals surface area contributed by atoms with Crippen molar-refractivity contribution in [3.05, 3.63) is 71.5 Å². The number of carbonyl (C=O) groups is 2. The summed E-state index contributed by atoms with van der Waals surface area (Å²) in [5, 5.41) is 0.660. The summed E-state index contributed by atoms with van der Waals surface area (Å²) in [6.45, 7) is -0.326. The molecule has 0 saturated carbocycles. The molecule has 0 radical (unpaired) electrons. The van der Waals surface area contributed by atoms with Gasteiger partial charge in [-0.3, -0.25) is 14.4 Å². The quantitative estimate of drug-likeness (QED) is 0.682. The first-order valence-electron chi connectivity index (χ1n) is 7.17. The van der Waals surface area contributed by atoms with E-state index in [0.717, 1.165) is 5.56 Å². The van der Waals surface area contributed by atoms with Gasteiger partial charge in [-0.05, 0) is 17.7 Å². The van der Waals surface area contributed by atoms with Gasteiger partial charge in [0, 0.05) is 5.56 Å². The lowest BCUT2D eigenvalue weighted by atomic mass is 10.1. The number of thiol groups is 1. The molecule has 1 aliphatic heterocycles. The predicted octanol–water partition coefficient (Wildman–Crippen LogP) is 2.43. The SMILES string of the molecule is O=C1COC(S)(c2ccc(F)cc2)C(=O)N1OCc1ccccc1. The Hall–Kier alpha value is -2.22. The molecule has 0 N–H and O–H groups in total. The number of morpholine rings is 1. The fraction of sp³-hybridized carbons (Fsp3) is 0.176. The van der Waals surface area contributed by atoms with Gasteiger partial charge in [-0.25, -0.2) is 4.39 Å². The molecule has 24 heavy (non-hydrogen) atoms. The molecule has 1 atom stereocenters. The van der Waals surface area contributed by atoms with Gasteiger partial charge in [0.25, 0.3) is 5.91 Å². The van der Waals surface area contributed by atoms with Gasteiger partial charge in [0.2, 0.25) is 4.93 Å². The minimum Gasteiger partial charge on any atom is -0.341 e. The van der Waals surface area contributed by atoms with E-state index in [1.54, 1.807) is 0 Å². The molecular formula is C17H14FNO4S. The van der Waals surface area contributed by atoms with E-state index in [1.807, 2.05) is 30.3 Å². The molecule has 7 heteroatoms. The summed E-state index contributed by atoms with van der Waals surface area (Å²) in [4.78, 5) is 28.3. The fourth-order valence-electron chi connectivity index (χ4n) is 2.26. The summed E-state index contributed by atoms with van der Waals surface area (Å²) >= 11 is 4.28. The Morgan fingerprint density at radius 3 is 2.46 bits per heavy atom. The van der Waals surface area contributed by atoms with E-state index < -0.39 is 22.6 Å². The van der Waals surface area contributed by atoms with E-state index in [0.29, 0.717) is 10.6 Å². The van der Waals surface area contributed by atoms with Crippen molar-refractivity contribution in [2.24, 2.45) is 0 Å². The highest BCUT2D eigenvalue weighted by atomic mass is 32.1. The summed E-state index contributed by atoms with van der Waals surface area (Å²) in [5.74, 6) is -1.85. The summed E-state index contributed by atoms with van der Waals surface area (Å²) in [7, 11) is 0. The second-order valence-corrected chi connectivity index (χ2v) is 5.82. The molecule has 0 bridgehead atoms. The van der Waals surface area contributed by atoms with Crippen molar-refractivity contribution in [1.82, 2.24) is 5.06 Å². The standard InChI is InChI=1S/C17H14FNO4S/c18-14-8-6-13(7-9-14)17(24)16(21)19(15(20)11-22-17)23-10-12-4-2-1-3-5-12/h1-9,24H,10-11H2. The van der Waals surface area contributed by atoms with Gasteiger partial charge in [-0.1, -0.05) is 42.5 Å². The number of imide groups is 1. The van der Waals surface area contributed by atoms with Gasteiger partial charge in [0.1, 0.15) is 19.0 Å². The predicted molar refractivity (Wildman–Crippen MR) is 86.1 cm³/mol. The molecule has 1 fully saturated rings. The van der Waals surface area contributed by atoms with Gasteiger partial charge in [0.15, 0.2) is 0 Å². The molecule has 1 saturated heterocycles. The van der Waals surface area contributed by atoms with Crippen molar-refractivity contribution in [3.63, 3.8) is 0 Å². The second-order valence-electron chi connectivity index (χ2n) is 5.19. The summed E-state index contributed by atoms with van der Waals surface area (Å²) in [6.07, 6.45) is 0. The molecule has 2 aromatic rings. The van der Waals surface area contributed by atoms with Crippen LogP contribution >= 0.6 is 12.6 Å². The average Bonchev–Trinajstić information content (AvgIpc) is 2.60. The Morgan fingerprint density at radius 1 is 1.12 bits per heavy atom. The molecular weight excluding hydrogens is 333 g/mol. The highest BCUT2D eigenvalue weighted by Crippen LogP contribution is 2.35. The number of amides is 2. The van der Waals surface area contributed by atoms with Crippen LogP contribution in [0.15, 0.2) is 54.6 Å². The second kappa shape index (κ2) is 6.72. The number of ether oxygens (including phenoxy) is 1. The minimum absolute atomic E-state index is 0.0472. The fourth-order valence-corrected chi connectivity index (χ4v) is 2.57. The van der Waals surface area contributed by atoms with Crippen LogP contribution in [0.1, 0.15) is 11.1 Å². The van der Waals surface area contributed by atoms with Crippen molar-refractivity contribution in [2.45, 2.75) is 11.5 Å². The van der Waals surface area contributed by atoms with Crippen molar-refractivity contribution in [2.75, 3.05) is 6.61 Å². The lowest BCUT2D eigenvalue weighted by molar-refractivity contribution is -0.224. The van der Waals surface area contributed by atoms with Crippen LogP contribution in [0.2, 0.25) is 0 Å². The number of halogens is 1. The van der Waals surface area contributed by atoms with Crippen molar-refractivity contribution in [1.29, 1.82) is 0 Å². The van der Waals surface area contributed by atoms with Crippen LogP contribution in [0.5, 0.6) is 0 Å². The van der Waals surface area contributed by atoms with Crippen LogP contribution in [0.4, 0.5) is 4.39 Å². The topological polar surface area (TPSA) is 55.8 Å². The molecule has 0 aromatic heterocycles. The number of hydroxylamine groups is 2. The van der Waals surface area contributed by atoms with Crippen molar-refractivity contribution < 1.29 is 23.6 Å². The van der Waals surface area contributed by atoms with Crippen LogP contribution in [0, 0.1) is 5.82 Å². The third-order valence-corrected chi connectivity index (χ3v) is 4.12. The van der Waals surface area contributed by atoms with Gasteiger partial charge in [-0.2, -0.15) is 0 Å². The van der Waals surface area contributed by atoms with Crippen LogP contribution in [-0.4, -0.2) is 23.5 Å². The summed E-state index contributed by atoms with van der Waals surface area (Å²) < 4.78 is 18.4. The molecule has 2 aromatic carbocycles. The van der Waals surface area contributed by atoms with Gasteiger partial charge in [-0.15, -0.1) is 17.7 Å². The summed E-state index contributed by atoms with van der Waals surface area (Å²) in [5.41, 5.74) is 1.12. The van der Waals surface area contributed by atoms with Gasteiger partial charge < -0.3 is 4.74 Å². The maximum absolute atomic E-state index is 13.1. The number of hydrogen-bond donors (Lipinski definition) is 1. The number of rotatable bonds is 4. The van der Waals surface area contributed by atoms with E-state index >= 15 is 0 Å². The average molecular weight is 347 g/mol. The Balaban J connectivity index is 1.80. The van der Waals surface area contributed by atoms with Crippen LogP contribution in [0.3, 0.4) is 0 Å². The molecule has 2 amide bonds. The molecule has 5 nitrogen and oxygen atoms in total. The zero-order valence-electron chi connectivity index (χ0n) is 12.5. The maximum atomic E-state index is 13.1. The van der Waals surface area contributed by atoms with Gasteiger partial charge in [0.05, 0.1) is 0 Å². The Kier molecular flexibility index (Phi) is 4.66. The lowest BCUT2D eigenvalue weighted by Gasteiger charge is -2.36. The molecule has 1 unspecified atom stereocenters. The number of carbonyl (C=O) groups excluding carboxylic acids is 2. The smallest absolute Gasteiger partial charge is 0.300 e. The van der Waals surface area contributed by atoms with Crippen molar-refractivity contribution >= 4 is 24.4 Å². The molecule has 0 spiro atoms. The first-order chi connectivity index (χ1) is 11.5. The first-order valence-corrected chi connectivity index (χ1v) is 7.62.